The number of hydrogen-bond donors (Lipinski definition) is 2. The van der Waals surface area contributed by atoms with Crippen molar-refractivity contribution in [3.8, 4) is 0 Å². The fourth-order valence-electron chi connectivity index (χ4n) is 1.01. The van der Waals surface area contributed by atoms with Crippen LogP contribution in [0.3, 0.4) is 0 Å². The van der Waals surface area contributed by atoms with Crippen LogP contribution in [-0.4, -0.2) is 50.1 Å². The molecule has 2 atom stereocenters. The van der Waals surface area contributed by atoms with Gasteiger partial charge in [0.2, 0.25) is 0 Å². The van der Waals surface area contributed by atoms with Gasteiger partial charge in [0.1, 0.15) is 6.04 Å². The molecule has 5 heteroatoms. The summed E-state index contributed by atoms with van der Waals surface area (Å²) in [4.78, 5) is 10.7. The van der Waals surface area contributed by atoms with Crippen molar-refractivity contribution in [3.05, 3.63) is 0 Å². The standard InChI is InChI=1S/C9H19NO4/c1-4-10-8(9(11)12)6-14-7(2)5-13-3/h7-8,10H,4-6H2,1-3H3,(H,11,12). The number of methoxy groups -OCH3 is 1. The van der Waals surface area contributed by atoms with Gasteiger partial charge in [0.05, 0.1) is 19.3 Å². The summed E-state index contributed by atoms with van der Waals surface area (Å²) >= 11 is 0. The van der Waals surface area contributed by atoms with E-state index in [1.165, 1.54) is 0 Å². The number of aliphatic carboxylic acids is 1. The summed E-state index contributed by atoms with van der Waals surface area (Å²) in [5.41, 5.74) is 0. The van der Waals surface area contributed by atoms with Crippen LogP contribution in [0.25, 0.3) is 0 Å². The van der Waals surface area contributed by atoms with Gasteiger partial charge in [-0.1, -0.05) is 6.92 Å². The molecular formula is C9H19NO4. The van der Waals surface area contributed by atoms with Gasteiger partial charge in [-0.3, -0.25) is 4.79 Å². The highest BCUT2D eigenvalue weighted by molar-refractivity contribution is 5.73. The number of hydrogen-bond acceptors (Lipinski definition) is 4. The Kier molecular flexibility index (Phi) is 7.37. The molecule has 0 heterocycles. The monoisotopic (exact) mass is 205 g/mol. The predicted octanol–water partition coefficient (Wildman–Crippen LogP) is 0.101. The highest BCUT2D eigenvalue weighted by atomic mass is 16.5. The Morgan fingerprint density at radius 2 is 2.14 bits per heavy atom. The lowest BCUT2D eigenvalue weighted by atomic mass is 10.3. The van der Waals surface area contributed by atoms with Crippen LogP contribution >= 0.6 is 0 Å². The van der Waals surface area contributed by atoms with Crippen LogP contribution in [-0.2, 0) is 14.3 Å². The maximum Gasteiger partial charge on any atom is 0.323 e. The van der Waals surface area contributed by atoms with E-state index < -0.39 is 12.0 Å². The largest absolute Gasteiger partial charge is 0.480 e. The van der Waals surface area contributed by atoms with Crippen LogP contribution in [0.1, 0.15) is 13.8 Å². The SMILES string of the molecule is CCNC(COC(C)COC)C(=O)O. The molecule has 0 aliphatic heterocycles. The van der Waals surface area contributed by atoms with Crippen LogP contribution in [0, 0.1) is 0 Å². The highest BCUT2D eigenvalue weighted by Crippen LogP contribution is 1.94. The fourth-order valence-corrected chi connectivity index (χ4v) is 1.01. The first-order valence-corrected chi connectivity index (χ1v) is 4.68. The van der Waals surface area contributed by atoms with Gasteiger partial charge in [-0.05, 0) is 13.5 Å². The van der Waals surface area contributed by atoms with Crippen molar-refractivity contribution >= 4 is 5.97 Å². The first-order chi connectivity index (χ1) is 6.61. The molecule has 0 rings (SSSR count). The van der Waals surface area contributed by atoms with Gasteiger partial charge in [0.25, 0.3) is 0 Å². The summed E-state index contributed by atoms with van der Waals surface area (Å²) in [6.45, 7) is 4.94. The molecule has 0 fully saturated rings. The van der Waals surface area contributed by atoms with Crippen molar-refractivity contribution in [2.75, 3.05) is 26.9 Å². The summed E-state index contributed by atoms with van der Waals surface area (Å²) in [5, 5.41) is 11.6. The molecule has 0 spiro atoms. The highest BCUT2D eigenvalue weighted by Gasteiger charge is 2.17. The van der Waals surface area contributed by atoms with Crippen molar-refractivity contribution in [1.82, 2.24) is 5.32 Å². The second-order valence-corrected chi connectivity index (χ2v) is 3.05. The number of nitrogens with one attached hydrogen (secondary N) is 1. The average Bonchev–Trinajstić information content (AvgIpc) is 2.12. The lowest BCUT2D eigenvalue weighted by Gasteiger charge is -2.17. The molecule has 0 aromatic carbocycles. The van der Waals surface area contributed by atoms with Gasteiger partial charge in [-0.25, -0.2) is 0 Å². The van der Waals surface area contributed by atoms with Crippen LogP contribution < -0.4 is 5.32 Å². The minimum atomic E-state index is -0.892. The molecular weight excluding hydrogens is 186 g/mol. The number of carbonyl (C=O) groups is 1. The van der Waals surface area contributed by atoms with Gasteiger partial charge in [-0.2, -0.15) is 0 Å². The Morgan fingerprint density at radius 3 is 2.57 bits per heavy atom. The Balaban J connectivity index is 3.75. The van der Waals surface area contributed by atoms with Crippen LogP contribution in [0.15, 0.2) is 0 Å². The zero-order valence-corrected chi connectivity index (χ0v) is 8.95. The van der Waals surface area contributed by atoms with Crippen molar-refractivity contribution in [1.29, 1.82) is 0 Å². The molecule has 2 N–H and O–H groups in total. The third-order valence-corrected chi connectivity index (χ3v) is 1.70. The van der Waals surface area contributed by atoms with E-state index in [1.54, 1.807) is 7.11 Å². The topological polar surface area (TPSA) is 67.8 Å². The molecule has 0 saturated heterocycles. The molecule has 2 unspecified atom stereocenters. The first kappa shape index (κ1) is 13.4. The Bertz CT molecular complexity index is 163. The third-order valence-electron chi connectivity index (χ3n) is 1.70. The van der Waals surface area contributed by atoms with Crippen molar-refractivity contribution < 1.29 is 19.4 Å². The average molecular weight is 205 g/mol. The molecule has 14 heavy (non-hydrogen) atoms. The second kappa shape index (κ2) is 7.73. The number of ether oxygens (including phenoxy) is 2. The maximum absolute atomic E-state index is 10.7. The van der Waals surface area contributed by atoms with E-state index >= 15 is 0 Å². The maximum atomic E-state index is 10.7. The predicted molar refractivity (Wildman–Crippen MR) is 52.4 cm³/mol. The third kappa shape index (κ3) is 5.90. The molecule has 5 nitrogen and oxygen atoms in total. The molecule has 84 valence electrons. The normalized spacial score (nSPS) is 15.1. The molecule has 0 aromatic rings. The lowest BCUT2D eigenvalue weighted by Crippen LogP contribution is -2.41. The van der Waals surface area contributed by atoms with Gasteiger partial charge in [0.15, 0.2) is 0 Å². The lowest BCUT2D eigenvalue weighted by molar-refractivity contribution is -0.142. The Labute approximate surface area is 84.4 Å². The number of carboxylic acid groups (broad SMARTS) is 1. The van der Waals surface area contributed by atoms with Crippen LogP contribution in [0.4, 0.5) is 0 Å². The number of rotatable bonds is 8. The second-order valence-electron chi connectivity index (χ2n) is 3.05. The summed E-state index contributed by atoms with van der Waals surface area (Å²) in [6.07, 6.45) is -0.0829. The molecule has 0 saturated carbocycles. The summed E-state index contributed by atoms with van der Waals surface area (Å²) in [5.74, 6) is -0.892. The van der Waals surface area contributed by atoms with Crippen molar-refractivity contribution in [2.45, 2.75) is 26.0 Å². The quantitative estimate of drug-likeness (QED) is 0.588. The molecule has 0 radical (unpaired) electrons. The van der Waals surface area contributed by atoms with E-state index in [1.807, 2.05) is 13.8 Å². The van der Waals surface area contributed by atoms with E-state index in [0.717, 1.165) is 0 Å². The fraction of sp³-hybridized carbons (Fsp3) is 0.889. The van der Waals surface area contributed by atoms with Gasteiger partial charge in [0, 0.05) is 7.11 Å². The Morgan fingerprint density at radius 1 is 1.50 bits per heavy atom. The van der Waals surface area contributed by atoms with Gasteiger partial charge < -0.3 is 19.9 Å². The van der Waals surface area contributed by atoms with Crippen LogP contribution in [0.2, 0.25) is 0 Å². The van der Waals surface area contributed by atoms with E-state index in [4.69, 9.17) is 14.6 Å². The molecule has 0 amide bonds. The number of likely N-dealkylation sites (N-methyl/N-ethyl adjacent to an activating group) is 1. The molecule has 0 aromatic heterocycles. The van der Waals surface area contributed by atoms with E-state index in [9.17, 15) is 4.79 Å². The molecule has 0 bridgehead atoms. The van der Waals surface area contributed by atoms with Crippen molar-refractivity contribution in [2.24, 2.45) is 0 Å². The van der Waals surface area contributed by atoms with E-state index in [2.05, 4.69) is 5.32 Å². The van der Waals surface area contributed by atoms with E-state index in [-0.39, 0.29) is 12.7 Å². The van der Waals surface area contributed by atoms with Crippen LogP contribution in [0.5, 0.6) is 0 Å². The van der Waals surface area contributed by atoms with E-state index in [0.29, 0.717) is 13.2 Å². The van der Waals surface area contributed by atoms with Crippen molar-refractivity contribution in [3.63, 3.8) is 0 Å². The molecule has 0 aliphatic rings. The molecule has 0 aliphatic carbocycles. The minimum absolute atomic E-state index is 0.0829. The minimum Gasteiger partial charge on any atom is -0.480 e. The van der Waals surface area contributed by atoms with Gasteiger partial charge >= 0.3 is 5.97 Å². The summed E-state index contributed by atoms with van der Waals surface area (Å²) < 4.78 is 10.2. The summed E-state index contributed by atoms with van der Waals surface area (Å²) in [6, 6.07) is -0.640. The smallest absolute Gasteiger partial charge is 0.323 e. The van der Waals surface area contributed by atoms with Gasteiger partial charge in [-0.15, -0.1) is 0 Å². The number of carboxylic acids is 1. The Hall–Kier alpha value is -0.650. The zero-order chi connectivity index (χ0) is 11.0. The first-order valence-electron chi connectivity index (χ1n) is 4.68. The summed E-state index contributed by atoms with van der Waals surface area (Å²) in [7, 11) is 1.58. The zero-order valence-electron chi connectivity index (χ0n) is 8.95.